The highest BCUT2D eigenvalue weighted by Gasteiger charge is 2.16. The van der Waals surface area contributed by atoms with E-state index in [9.17, 15) is 0 Å². The summed E-state index contributed by atoms with van der Waals surface area (Å²) in [6, 6.07) is 4.35. The molecule has 1 fully saturated rings. The molecule has 1 unspecified atom stereocenters. The lowest BCUT2D eigenvalue weighted by molar-refractivity contribution is 0.195. The first-order valence-corrected chi connectivity index (χ1v) is 5.48. The van der Waals surface area contributed by atoms with E-state index in [4.69, 9.17) is 4.74 Å². The van der Waals surface area contributed by atoms with Crippen LogP contribution in [0.15, 0.2) is 18.3 Å². The zero-order chi connectivity index (χ0) is 11.0. The lowest BCUT2D eigenvalue weighted by Crippen LogP contribution is -2.19. The molecule has 0 spiro atoms. The Morgan fingerprint density at radius 2 is 2.44 bits per heavy atom. The fourth-order valence-corrected chi connectivity index (χ4v) is 1.88. The van der Waals surface area contributed by atoms with Gasteiger partial charge in [-0.3, -0.25) is 0 Å². The molecule has 2 aromatic rings. The number of hydrogen-bond donors (Lipinski definition) is 1. The number of ether oxygens (including phenoxy) is 1. The number of anilines is 1. The molecule has 0 saturated carbocycles. The van der Waals surface area contributed by atoms with Gasteiger partial charge in [-0.25, -0.2) is 4.52 Å². The predicted octanol–water partition coefficient (Wildman–Crippen LogP) is 1.24. The van der Waals surface area contributed by atoms with Crippen molar-refractivity contribution < 1.29 is 4.74 Å². The van der Waals surface area contributed by atoms with Crippen LogP contribution in [-0.4, -0.2) is 33.9 Å². The fourth-order valence-electron chi connectivity index (χ4n) is 1.88. The van der Waals surface area contributed by atoms with Crippen molar-refractivity contribution in [2.24, 2.45) is 0 Å². The summed E-state index contributed by atoms with van der Waals surface area (Å²) in [4.78, 5) is 4.40. The first-order chi connectivity index (χ1) is 7.81. The molecule has 2 aromatic heterocycles. The maximum atomic E-state index is 5.30. The minimum Gasteiger partial charge on any atom is -0.379 e. The van der Waals surface area contributed by atoms with Crippen LogP contribution >= 0.6 is 0 Å². The molecule has 0 aromatic carbocycles. The van der Waals surface area contributed by atoms with Crippen LogP contribution in [0.2, 0.25) is 0 Å². The maximum absolute atomic E-state index is 5.30. The highest BCUT2D eigenvalue weighted by atomic mass is 16.5. The molecule has 1 aliphatic rings. The van der Waals surface area contributed by atoms with E-state index in [0.29, 0.717) is 12.0 Å². The van der Waals surface area contributed by atoms with E-state index in [1.54, 1.807) is 4.52 Å². The van der Waals surface area contributed by atoms with Crippen LogP contribution < -0.4 is 5.32 Å². The predicted molar refractivity (Wildman–Crippen MR) is 60.6 cm³/mol. The van der Waals surface area contributed by atoms with E-state index in [1.165, 1.54) is 5.56 Å². The summed E-state index contributed by atoms with van der Waals surface area (Å²) in [5, 5.41) is 7.66. The third-order valence-electron chi connectivity index (χ3n) is 2.74. The van der Waals surface area contributed by atoms with E-state index < -0.39 is 0 Å². The molecular weight excluding hydrogens is 204 g/mol. The molecule has 0 radical (unpaired) electrons. The van der Waals surface area contributed by atoms with Gasteiger partial charge in [0, 0.05) is 12.8 Å². The second-order valence-electron chi connectivity index (χ2n) is 4.15. The summed E-state index contributed by atoms with van der Waals surface area (Å²) < 4.78 is 7.10. The van der Waals surface area contributed by atoms with Crippen molar-refractivity contribution in [3.8, 4) is 0 Å². The molecular formula is C11H14N4O. The third kappa shape index (κ3) is 1.74. The Morgan fingerprint density at radius 3 is 3.25 bits per heavy atom. The Balaban J connectivity index is 1.86. The van der Waals surface area contributed by atoms with Crippen molar-refractivity contribution in [3.63, 3.8) is 0 Å². The summed E-state index contributed by atoms with van der Waals surface area (Å²) in [6.07, 6.45) is 2.99. The quantitative estimate of drug-likeness (QED) is 0.824. The van der Waals surface area contributed by atoms with Gasteiger partial charge in [-0.05, 0) is 25.0 Å². The monoisotopic (exact) mass is 218 g/mol. The third-order valence-corrected chi connectivity index (χ3v) is 2.74. The van der Waals surface area contributed by atoms with Crippen LogP contribution in [0.1, 0.15) is 12.0 Å². The van der Waals surface area contributed by atoms with Gasteiger partial charge in [0.25, 0.3) is 0 Å². The van der Waals surface area contributed by atoms with E-state index in [2.05, 4.69) is 15.4 Å². The van der Waals surface area contributed by atoms with Crippen LogP contribution in [-0.2, 0) is 4.74 Å². The number of pyridine rings is 1. The smallest absolute Gasteiger partial charge is 0.243 e. The van der Waals surface area contributed by atoms with Crippen molar-refractivity contribution in [1.82, 2.24) is 14.6 Å². The molecule has 0 aliphatic carbocycles. The van der Waals surface area contributed by atoms with Gasteiger partial charge in [0.2, 0.25) is 5.95 Å². The number of nitrogens with one attached hydrogen (secondary N) is 1. The van der Waals surface area contributed by atoms with Gasteiger partial charge in [0.05, 0.1) is 12.6 Å². The molecule has 84 valence electrons. The average Bonchev–Trinajstić information content (AvgIpc) is 2.86. The van der Waals surface area contributed by atoms with E-state index in [1.807, 2.05) is 25.3 Å². The van der Waals surface area contributed by atoms with E-state index in [0.717, 1.165) is 25.3 Å². The minimum atomic E-state index is 0.346. The van der Waals surface area contributed by atoms with Crippen LogP contribution in [0.4, 0.5) is 5.95 Å². The summed E-state index contributed by atoms with van der Waals surface area (Å²) >= 11 is 0. The molecule has 5 heteroatoms. The Hall–Kier alpha value is -1.62. The van der Waals surface area contributed by atoms with Crippen LogP contribution in [0, 0.1) is 6.92 Å². The lowest BCUT2D eigenvalue weighted by Gasteiger charge is -2.06. The normalized spacial score (nSPS) is 20.4. The van der Waals surface area contributed by atoms with Gasteiger partial charge in [0.15, 0.2) is 5.65 Å². The van der Waals surface area contributed by atoms with Crippen molar-refractivity contribution in [2.75, 3.05) is 18.5 Å². The maximum Gasteiger partial charge on any atom is 0.243 e. The van der Waals surface area contributed by atoms with Crippen LogP contribution in [0.5, 0.6) is 0 Å². The Kier molecular flexibility index (Phi) is 2.25. The highest BCUT2D eigenvalue weighted by molar-refractivity contribution is 5.44. The number of fused-ring (bicyclic) bond motifs is 1. The second kappa shape index (κ2) is 3.75. The van der Waals surface area contributed by atoms with Crippen molar-refractivity contribution in [1.29, 1.82) is 0 Å². The van der Waals surface area contributed by atoms with Gasteiger partial charge < -0.3 is 10.1 Å². The molecule has 3 rings (SSSR count). The molecule has 16 heavy (non-hydrogen) atoms. The largest absolute Gasteiger partial charge is 0.379 e. The number of hydrogen-bond acceptors (Lipinski definition) is 4. The summed E-state index contributed by atoms with van der Waals surface area (Å²) in [7, 11) is 0. The van der Waals surface area contributed by atoms with Crippen LogP contribution in [0.3, 0.4) is 0 Å². The fraction of sp³-hybridized carbons (Fsp3) is 0.455. The molecule has 0 bridgehead atoms. The zero-order valence-corrected chi connectivity index (χ0v) is 9.18. The van der Waals surface area contributed by atoms with Gasteiger partial charge >= 0.3 is 0 Å². The Bertz CT molecular complexity index is 502. The SMILES string of the molecule is Cc1ccc2nc(NC3CCOC3)nn2c1. The number of nitrogens with zero attached hydrogens (tertiary/aromatic N) is 3. The summed E-state index contributed by atoms with van der Waals surface area (Å²) in [6.45, 7) is 3.61. The number of aromatic nitrogens is 3. The van der Waals surface area contributed by atoms with E-state index in [-0.39, 0.29) is 0 Å². The van der Waals surface area contributed by atoms with Gasteiger partial charge in [-0.2, -0.15) is 4.98 Å². The standard InChI is InChI=1S/C11H14N4O/c1-8-2-3-10-13-11(14-15(10)6-8)12-9-4-5-16-7-9/h2-3,6,9H,4-5,7H2,1H3,(H,12,14). The average molecular weight is 218 g/mol. The molecule has 5 nitrogen and oxygen atoms in total. The molecule has 1 N–H and O–H groups in total. The Labute approximate surface area is 93.4 Å². The number of aryl methyl sites for hydroxylation is 1. The Morgan fingerprint density at radius 1 is 1.50 bits per heavy atom. The number of rotatable bonds is 2. The van der Waals surface area contributed by atoms with Crippen LogP contribution in [0.25, 0.3) is 5.65 Å². The first kappa shape index (κ1) is 9.59. The zero-order valence-electron chi connectivity index (χ0n) is 9.18. The van der Waals surface area contributed by atoms with E-state index >= 15 is 0 Å². The van der Waals surface area contributed by atoms with Crippen molar-refractivity contribution in [3.05, 3.63) is 23.9 Å². The summed E-state index contributed by atoms with van der Waals surface area (Å²) in [5.41, 5.74) is 2.04. The second-order valence-corrected chi connectivity index (χ2v) is 4.15. The van der Waals surface area contributed by atoms with Gasteiger partial charge in [-0.1, -0.05) is 6.07 Å². The summed E-state index contributed by atoms with van der Waals surface area (Å²) in [5.74, 6) is 0.682. The van der Waals surface area contributed by atoms with Crippen molar-refractivity contribution >= 4 is 11.6 Å². The van der Waals surface area contributed by atoms with Gasteiger partial charge in [0.1, 0.15) is 0 Å². The molecule has 1 saturated heterocycles. The minimum absolute atomic E-state index is 0.346. The van der Waals surface area contributed by atoms with Gasteiger partial charge in [-0.15, -0.1) is 5.10 Å². The highest BCUT2D eigenvalue weighted by Crippen LogP contribution is 2.12. The molecule has 1 atom stereocenters. The molecule has 0 amide bonds. The van der Waals surface area contributed by atoms with Crippen molar-refractivity contribution in [2.45, 2.75) is 19.4 Å². The first-order valence-electron chi connectivity index (χ1n) is 5.48. The molecule has 1 aliphatic heterocycles. The topological polar surface area (TPSA) is 51.5 Å². The lowest BCUT2D eigenvalue weighted by atomic mass is 10.3. The molecule has 3 heterocycles.